The molecule has 0 spiro atoms. The van der Waals surface area contributed by atoms with Crippen molar-refractivity contribution in [3.05, 3.63) is 28.8 Å². The number of nitrogens with zero attached hydrogens (tertiary/aromatic N) is 2. The van der Waals surface area contributed by atoms with Crippen molar-refractivity contribution in [1.29, 1.82) is 0 Å². The van der Waals surface area contributed by atoms with E-state index in [1.54, 1.807) is 7.11 Å². The van der Waals surface area contributed by atoms with Crippen LogP contribution in [0.2, 0.25) is 0 Å². The van der Waals surface area contributed by atoms with Gasteiger partial charge in [0.25, 0.3) is 0 Å². The zero-order chi connectivity index (χ0) is 19.5. The summed E-state index contributed by atoms with van der Waals surface area (Å²) >= 11 is 0. The Morgan fingerprint density at radius 1 is 1.04 bits per heavy atom. The summed E-state index contributed by atoms with van der Waals surface area (Å²) in [6.45, 7) is 17.5. The lowest BCUT2D eigenvalue weighted by molar-refractivity contribution is -0.189. The minimum atomic E-state index is -0.397. The molecule has 0 amide bonds. The highest BCUT2D eigenvalue weighted by Crippen LogP contribution is 2.42. The van der Waals surface area contributed by atoms with Gasteiger partial charge in [-0.15, -0.1) is 0 Å². The first-order valence-corrected chi connectivity index (χ1v) is 9.01. The number of benzene rings is 1. The van der Waals surface area contributed by atoms with Crippen molar-refractivity contribution in [1.82, 2.24) is 0 Å². The maximum absolute atomic E-state index is 5.94. The predicted molar refractivity (Wildman–Crippen MR) is 107 cm³/mol. The highest BCUT2D eigenvalue weighted by Gasteiger charge is 2.31. The minimum absolute atomic E-state index is 0.0424. The van der Waals surface area contributed by atoms with Crippen LogP contribution in [0.25, 0.3) is 0 Å². The fraction of sp³-hybridized carbons (Fsp3) is 0.619. The molecule has 0 radical (unpaired) electrons. The highest BCUT2D eigenvalue weighted by atomic mass is 16.7. The average molecular weight is 360 g/mol. The number of aliphatic imine (C=N–C) groups is 2. The molecule has 1 fully saturated rings. The molecule has 0 bridgehead atoms. The first kappa shape index (κ1) is 20.6. The molecule has 0 aromatic heterocycles. The third-order valence-electron chi connectivity index (χ3n) is 4.44. The molecule has 0 N–H and O–H groups in total. The summed E-state index contributed by atoms with van der Waals surface area (Å²) in [5.74, 6) is 0.948. The van der Waals surface area contributed by atoms with E-state index in [1.807, 2.05) is 0 Å². The highest BCUT2D eigenvalue weighted by molar-refractivity contribution is 5.62. The normalized spacial score (nSPS) is 21.8. The molecule has 1 aliphatic rings. The molecule has 1 aromatic rings. The van der Waals surface area contributed by atoms with Gasteiger partial charge in [0.1, 0.15) is 12.1 Å². The molecular weight excluding hydrogens is 328 g/mol. The second-order valence-electron chi connectivity index (χ2n) is 8.75. The molecule has 5 nitrogen and oxygen atoms in total. The molecule has 0 aliphatic carbocycles. The molecule has 1 saturated heterocycles. The van der Waals surface area contributed by atoms with Crippen LogP contribution in [0.1, 0.15) is 64.5 Å². The number of hydrogen-bond donors (Lipinski definition) is 0. The molecule has 5 heteroatoms. The van der Waals surface area contributed by atoms with Crippen molar-refractivity contribution in [2.45, 2.75) is 64.7 Å². The lowest BCUT2D eigenvalue weighted by atomic mass is 9.78. The van der Waals surface area contributed by atoms with Gasteiger partial charge in [-0.1, -0.05) is 41.5 Å². The van der Waals surface area contributed by atoms with E-state index in [1.165, 1.54) is 6.34 Å². The summed E-state index contributed by atoms with van der Waals surface area (Å²) in [4.78, 5) is 7.88. The Kier molecular flexibility index (Phi) is 6.25. The summed E-state index contributed by atoms with van der Waals surface area (Å²) in [6.07, 6.45) is 1.05. The zero-order valence-corrected chi connectivity index (χ0v) is 17.1. The van der Waals surface area contributed by atoms with Crippen LogP contribution >= 0.6 is 0 Å². The fourth-order valence-corrected chi connectivity index (χ4v) is 3.03. The first-order chi connectivity index (χ1) is 12.1. The summed E-state index contributed by atoms with van der Waals surface area (Å²) in [7, 11) is 1.74. The quantitative estimate of drug-likeness (QED) is 0.589. The van der Waals surface area contributed by atoms with Gasteiger partial charge in [-0.2, -0.15) is 0 Å². The molecule has 1 heterocycles. The van der Waals surface area contributed by atoms with Gasteiger partial charge in [0.05, 0.1) is 26.4 Å². The summed E-state index contributed by atoms with van der Waals surface area (Å²) in [6, 6.07) is 4.25. The van der Waals surface area contributed by atoms with Crippen molar-refractivity contribution >= 4 is 13.1 Å². The maximum Gasteiger partial charge on any atom is 0.184 e. The first-order valence-electron chi connectivity index (χ1n) is 9.01. The molecule has 1 aromatic carbocycles. The van der Waals surface area contributed by atoms with Crippen molar-refractivity contribution in [3.63, 3.8) is 0 Å². The van der Waals surface area contributed by atoms with Gasteiger partial charge in [-0.05, 0) is 29.7 Å². The summed E-state index contributed by atoms with van der Waals surface area (Å²) in [5, 5.41) is 0. The van der Waals surface area contributed by atoms with Gasteiger partial charge in [-0.3, -0.25) is 9.98 Å². The lowest BCUT2D eigenvalue weighted by Crippen LogP contribution is -2.30. The van der Waals surface area contributed by atoms with Crippen LogP contribution in [0.4, 0.5) is 0 Å². The predicted octanol–water partition coefficient (Wildman–Crippen LogP) is 4.43. The van der Waals surface area contributed by atoms with Crippen molar-refractivity contribution in [2.24, 2.45) is 9.98 Å². The summed E-state index contributed by atoms with van der Waals surface area (Å²) in [5.41, 5.74) is 3.22. The molecule has 0 atom stereocenters. The van der Waals surface area contributed by atoms with E-state index in [-0.39, 0.29) is 16.9 Å². The summed E-state index contributed by atoms with van der Waals surface area (Å²) < 4.78 is 17.7. The Hall–Kier alpha value is -1.72. The maximum atomic E-state index is 5.94. The Bertz CT molecular complexity index is 626. The van der Waals surface area contributed by atoms with Gasteiger partial charge >= 0.3 is 0 Å². The lowest BCUT2D eigenvalue weighted by Gasteiger charge is -2.33. The number of hydrogen-bond acceptors (Lipinski definition) is 4. The van der Waals surface area contributed by atoms with Crippen LogP contribution in [-0.2, 0) is 20.3 Å². The van der Waals surface area contributed by atoms with E-state index in [0.29, 0.717) is 13.2 Å². The smallest absolute Gasteiger partial charge is 0.184 e. The van der Waals surface area contributed by atoms with Crippen LogP contribution in [0.3, 0.4) is 0 Å². The van der Waals surface area contributed by atoms with Crippen LogP contribution in [-0.4, -0.2) is 39.4 Å². The zero-order valence-electron chi connectivity index (χ0n) is 17.1. The fourth-order valence-electron chi connectivity index (χ4n) is 3.03. The van der Waals surface area contributed by atoms with Crippen LogP contribution in [0.5, 0.6) is 5.75 Å². The van der Waals surface area contributed by atoms with Crippen molar-refractivity contribution in [2.75, 3.05) is 20.3 Å². The largest absolute Gasteiger partial charge is 0.496 e. The van der Waals surface area contributed by atoms with E-state index >= 15 is 0 Å². The van der Waals surface area contributed by atoms with E-state index in [4.69, 9.17) is 14.2 Å². The van der Waals surface area contributed by atoms with Gasteiger partial charge in [0, 0.05) is 16.7 Å². The average Bonchev–Trinajstić information content (AvgIpc) is 2.57. The van der Waals surface area contributed by atoms with Crippen LogP contribution < -0.4 is 4.74 Å². The number of rotatable bonds is 4. The third kappa shape index (κ3) is 4.71. The van der Waals surface area contributed by atoms with Gasteiger partial charge in [0.2, 0.25) is 0 Å². The van der Waals surface area contributed by atoms with Crippen LogP contribution in [0.15, 0.2) is 22.1 Å². The second-order valence-corrected chi connectivity index (χ2v) is 8.75. The van der Waals surface area contributed by atoms with Gasteiger partial charge in [0.15, 0.2) is 6.29 Å². The van der Waals surface area contributed by atoms with Gasteiger partial charge < -0.3 is 14.2 Å². The SMILES string of the molecule is C=NC=NC1COC(c2cc(C(C)(C)C)c(OC)c(C(C)(C)C)c2)OC1. The Balaban J connectivity index is 2.41. The monoisotopic (exact) mass is 360 g/mol. The molecule has 2 rings (SSSR count). The number of methoxy groups -OCH3 is 1. The van der Waals surface area contributed by atoms with E-state index < -0.39 is 6.29 Å². The topological polar surface area (TPSA) is 52.4 Å². The van der Waals surface area contributed by atoms with Gasteiger partial charge in [-0.25, -0.2) is 0 Å². The Labute approximate surface area is 157 Å². The Morgan fingerprint density at radius 2 is 1.54 bits per heavy atom. The number of ether oxygens (including phenoxy) is 3. The molecule has 0 unspecified atom stereocenters. The van der Waals surface area contributed by atoms with Crippen molar-refractivity contribution in [3.8, 4) is 5.75 Å². The standard InChI is InChI=1S/C21H32N2O3/c1-20(2,3)16-9-14(10-17(18(16)24-8)21(4,5)6)19-25-11-15(12-26-19)23-13-22-7/h9-10,13,15,19H,7,11-12H2,1-6,8H3. The minimum Gasteiger partial charge on any atom is -0.496 e. The molecular formula is C21H32N2O3. The Morgan fingerprint density at radius 3 is 1.92 bits per heavy atom. The van der Waals surface area contributed by atoms with E-state index in [9.17, 15) is 0 Å². The van der Waals surface area contributed by atoms with Crippen LogP contribution in [0, 0.1) is 0 Å². The van der Waals surface area contributed by atoms with Crippen molar-refractivity contribution < 1.29 is 14.2 Å². The van der Waals surface area contributed by atoms with E-state index in [2.05, 4.69) is 70.4 Å². The molecule has 26 heavy (non-hydrogen) atoms. The molecule has 1 aliphatic heterocycles. The molecule has 0 saturated carbocycles. The second kappa shape index (κ2) is 7.89. The van der Waals surface area contributed by atoms with E-state index in [0.717, 1.165) is 22.4 Å². The third-order valence-corrected chi connectivity index (χ3v) is 4.44. The molecule has 144 valence electrons.